The molecule has 0 aromatic heterocycles. The van der Waals surface area contributed by atoms with Crippen LogP contribution in [-0.2, 0) is 25.6 Å². The van der Waals surface area contributed by atoms with Crippen LogP contribution in [0.1, 0.15) is 22.3 Å². The maximum absolute atomic E-state index is 13.7. The summed E-state index contributed by atoms with van der Waals surface area (Å²) < 4.78 is 0. The largest absolute Gasteiger partial charge is 0.507 e. The number of ketones is 4. The zero-order valence-corrected chi connectivity index (χ0v) is 18.9. The molecule has 1 aromatic rings. The summed E-state index contributed by atoms with van der Waals surface area (Å²) in [6.45, 7) is 0. The molecular weight excluding hydrogens is 430 g/mol. The van der Waals surface area contributed by atoms with Crippen LogP contribution in [0, 0.1) is 23.7 Å². The number of Topliss-reactive ketones (excluding diaryl/α,β-unsaturated/α-hetero) is 4. The van der Waals surface area contributed by atoms with Gasteiger partial charge in [-0.25, -0.2) is 0 Å². The van der Waals surface area contributed by atoms with Gasteiger partial charge in [-0.2, -0.15) is 0 Å². The Morgan fingerprint density at radius 3 is 2.27 bits per heavy atom. The van der Waals surface area contributed by atoms with Gasteiger partial charge in [-0.1, -0.05) is 0 Å². The van der Waals surface area contributed by atoms with Gasteiger partial charge >= 0.3 is 0 Å². The van der Waals surface area contributed by atoms with Crippen LogP contribution in [0.4, 0.5) is 5.69 Å². The third kappa shape index (κ3) is 2.97. The molecule has 2 saturated carbocycles. The van der Waals surface area contributed by atoms with Gasteiger partial charge in [0.25, 0.3) is 0 Å². The third-order valence-electron chi connectivity index (χ3n) is 7.40. The molecule has 0 heterocycles. The molecule has 0 saturated heterocycles. The number of rotatable bonds is 3. The Labute approximate surface area is 190 Å². The van der Waals surface area contributed by atoms with Crippen molar-refractivity contribution in [3.8, 4) is 5.75 Å². The highest BCUT2D eigenvalue weighted by Crippen LogP contribution is 2.51. The first-order chi connectivity index (χ1) is 15.3. The predicted octanol–water partition coefficient (Wildman–Crippen LogP) is -1.07. The first-order valence-corrected chi connectivity index (χ1v) is 10.7. The van der Waals surface area contributed by atoms with Gasteiger partial charge in [-0.05, 0) is 50.6 Å². The number of aromatic hydroxyl groups is 1. The summed E-state index contributed by atoms with van der Waals surface area (Å²) in [5, 5.41) is 21.9. The van der Waals surface area contributed by atoms with Crippen molar-refractivity contribution >= 4 is 34.7 Å². The monoisotopic (exact) mass is 457 g/mol. The number of hydrogen-bond acceptors (Lipinski definition) is 9. The van der Waals surface area contributed by atoms with Gasteiger partial charge in [0.1, 0.15) is 5.75 Å². The van der Waals surface area contributed by atoms with Crippen molar-refractivity contribution < 1.29 is 34.2 Å². The average molecular weight is 457 g/mol. The lowest BCUT2D eigenvalue weighted by molar-refractivity contribution is -0.181. The number of phenols is 1. The fourth-order valence-corrected chi connectivity index (χ4v) is 6.01. The normalized spacial score (nSPS) is 33.5. The molecule has 4 rings (SSSR count). The van der Waals surface area contributed by atoms with Crippen LogP contribution >= 0.6 is 0 Å². The van der Waals surface area contributed by atoms with Gasteiger partial charge in [-0.15, -0.1) is 0 Å². The molecule has 3 aliphatic carbocycles. The molecule has 0 radical (unpaired) electrons. The Morgan fingerprint density at radius 1 is 1.09 bits per heavy atom. The predicted molar refractivity (Wildman–Crippen MR) is 116 cm³/mol. The number of carbonyl (C=O) groups excluding carboxylic acids is 5. The number of nitrogens with zero attached hydrogens (tertiary/aromatic N) is 2. The number of aliphatic hydroxyl groups is 1. The molecule has 1 amide bonds. The topological polar surface area (TPSA) is 158 Å². The number of primary amides is 1. The highest BCUT2D eigenvalue weighted by molar-refractivity contribution is 6.32. The number of hydrogen-bond donors (Lipinski definition) is 3. The van der Waals surface area contributed by atoms with E-state index in [1.165, 1.54) is 11.0 Å². The number of carbonyl (C=O) groups is 5. The molecule has 176 valence electrons. The molecule has 10 nitrogen and oxygen atoms in total. The fourth-order valence-electron chi connectivity index (χ4n) is 6.01. The minimum absolute atomic E-state index is 0.00667. The van der Waals surface area contributed by atoms with Crippen molar-refractivity contribution in [2.24, 2.45) is 29.4 Å². The fraction of sp³-hybridized carbons (Fsp3) is 0.522. The Balaban J connectivity index is 1.89. The lowest BCUT2D eigenvalue weighted by Gasteiger charge is -2.52. The molecule has 3 aliphatic rings. The van der Waals surface area contributed by atoms with Crippen LogP contribution in [0.5, 0.6) is 5.75 Å². The third-order valence-corrected chi connectivity index (χ3v) is 7.40. The molecule has 33 heavy (non-hydrogen) atoms. The Kier molecular flexibility index (Phi) is 5.21. The van der Waals surface area contributed by atoms with E-state index >= 15 is 0 Å². The van der Waals surface area contributed by atoms with Crippen molar-refractivity contribution in [1.29, 1.82) is 0 Å². The number of fused-ring (bicyclic) bond motifs is 3. The van der Waals surface area contributed by atoms with Gasteiger partial charge in [0.05, 0.1) is 17.5 Å². The maximum atomic E-state index is 13.7. The SMILES string of the molecule is CN(C)c1ccc(O)c2c1C[C@@H]1C[C@@H]3[C@@H](N(C)C)C(=O)C(C(N)=O)C(=O)[C@]3(O)C(=O)C1C2=O. The highest BCUT2D eigenvalue weighted by atomic mass is 16.3. The van der Waals surface area contributed by atoms with Crippen LogP contribution in [0.2, 0.25) is 0 Å². The van der Waals surface area contributed by atoms with Crippen molar-refractivity contribution in [1.82, 2.24) is 4.90 Å². The molecule has 4 N–H and O–H groups in total. The van der Waals surface area contributed by atoms with E-state index in [1.807, 2.05) is 0 Å². The van der Waals surface area contributed by atoms with Crippen LogP contribution in [0.3, 0.4) is 0 Å². The Morgan fingerprint density at radius 2 is 1.73 bits per heavy atom. The number of benzene rings is 1. The first kappa shape index (κ1) is 23.1. The van der Waals surface area contributed by atoms with E-state index in [-0.39, 0.29) is 24.2 Å². The molecule has 10 heteroatoms. The first-order valence-electron chi connectivity index (χ1n) is 10.7. The van der Waals surface area contributed by atoms with Gasteiger partial charge in [0, 0.05) is 25.7 Å². The summed E-state index contributed by atoms with van der Waals surface area (Å²) in [4.78, 5) is 68.6. The van der Waals surface area contributed by atoms with E-state index in [0.717, 1.165) is 0 Å². The second-order valence-electron chi connectivity index (χ2n) is 9.64. The van der Waals surface area contributed by atoms with Gasteiger partial charge in [0.15, 0.2) is 34.7 Å². The standard InChI is InChI=1S/C23H27N3O7/c1-25(2)12-5-6-13(27)15-10(12)7-9-8-11-17(26(3)4)19(29)16(22(24)32)21(31)23(11,33)20(30)14(9)18(15)28/h5-6,9,11,14,16-17,27,33H,7-8H2,1-4H3,(H2,24,32)/t9-,11-,14?,16?,17-,23-/m1/s1. The summed E-state index contributed by atoms with van der Waals surface area (Å²) in [7, 11) is 6.69. The van der Waals surface area contributed by atoms with Crippen LogP contribution < -0.4 is 10.6 Å². The summed E-state index contributed by atoms with van der Waals surface area (Å²) in [5.41, 5.74) is 3.87. The van der Waals surface area contributed by atoms with Gasteiger partial charge < -0.3 is 20.8 Å². The van der Waals surface area contributed by atoms with Gasteiger partial charge in [-0.3, -0.25) is 28.9 Å². The van der Waals surface area contributed by atoms with Gasteiger partial charge in [0.2, 0.25) is 5.91 Å². The lowest BCUT2D eigenvalue weighted by atomic mass is 9.52. The zero-order chi connectivity index (χ0) is 24.6. The van der Waals surface area contributed by atoms with E-state index in [0.29, 0.717) is 11.3 Å². The Bertz CT molecular complexity index is 1110. The quantitative estimate of drug-likeness (QED) is 0.481. The van der Waals surface area contributed by atoms with E-state index in [2.05, 4.69) is 0 Å². The number of likely N-dealkylation sites (N-methyl/N-ethyl adjacent to an activating group) is 1. The highest BCUT2D eigenvalue weighted by Gasteiger charge is 2.69. The molecular formula is C23H27N3O7. The average Bonchev–Trinajstić information content (AvgIpc) is 2.70. The van der Waals surface area contributed by atoms with E-state index in [9.17, 15) is 34.2 Å². The summed E-state index contributed by atoms with van der Waals surface area (Å²) in [5.74, 6) is -10.3. The van der Waals surface area contributed by atoms with Crippen LogP contribution in [0.25, 0.3) is 0 Å². The van der Waals surface area contributed by atoms with Crippen molar-refractivity contribution in [2.45, 2.75) is 24.5 Å². The maximum Gasteiger partial charge on any atom is 0.235 e. The molecule has 0 aliphatic heterocycles. The summed E-state index contributed by atoms with van der Waals surface area (Å²) in [6, 6.07) is 1.94. The molecule has 2 fully saturated rings. The molecule has 0 bridgehead atoms. The second kappa shape index (κ2) is 7.46. The van der Waals surface area contributed by atoms with Crippen molar-refractivity contribution in [3.05, 3.63) is 23.3 Å². The van der Waals surface area contributed by atoms with E-state index in [1.54, 1.807) is 39.2 Å². The number of nitrogens with two attached hydrogens (primary N) is 1. The molecule has 0 spiro atoms. The minimum Gasteiger partial charge on any atom is -0.507 e. The lowest BCUT2D eigenvalue weighted by Crippen LogP contribution is -2.74. The van der Waals surface area contributed by atoms with Crippen molar-refractivity contribution in [3.63, 3.8) is 0 Å². The summed E-state index contributed by atoms with van der Waals surface area (Å²) >= 11 is 0. The van der Waals surface area contributed by atoms with Crippen molar-refractivity contribution in [2.75, 3.05) is 33.1 Å². The zero-order valence-electron chi connectivity index (χ0n) is 18.9. The smallest absolute Gasteiger partial charge is 0.235 e. The molecule has 2 unspecified atom stereocenters. The summed E-state index contributed by atoms with van der Waals surface area (Å²) in [6.07, 6.45) is 0.278. The molecule has 1 aromatic carbocycles. The minimum atomic E-state index is -2.70. The second-order valence-corrected chi connectivity index (χ2v) is 9.64. The Hall–Kier alpha value is -3.11. The van der Waals surface area contributed by atoms with E-state index < -0.39 is 64.4 Å². The van der Waals surface area contributed by atoms with Crippen LogP contribution in [-0.4, -0.2) is 84.0 Å². The van der Waals surface area contributed by atoms with Crippen LogP contribution in [0.15, 0.2) is 12.1 Å². The number of amides is 1. The molecule has 6 atom stereocenters. The number of phenolic OH excluding ortho intramolecular Hbond substituents is 1. The number of anilines is 1. The van der Waals surface area contributed by atoms with E-state index in [4.69, 9.17) is 5.73 Å².